The van der Waals surface area contributed by atoms with Gasteiger partial charge >= 0.3 is 0 Å². The summed E-state index contributed by atoms with van der Waals surface area (Å²) in [6.45, 7) is 4.45. The average Bonchev–Trinajstić information content (AvgIpc) is 2.25. The number of hydrogen-bond acceptors (Lipinski definition) is 2. The summed E-state index contributed by atoms with van der Waals surface area (Å²) in [6, 6.07) is 0. The van der Waals surface area contributed by atoms with Crippen LogP contribution in [0.3, 0.4) is 0 Å². The van der Waals surface area contributed by atoms with Crippen LogP contribution in [0.25, 0.3) is 5.32 Å². The molecule has 2 N–H and O–H groups in total. The van der Waals surface area contributed by atoms with E-state index in [4.69, 9.17) is 5.11 Å². The van der Waals surface area contributed by atoms with Crippen molar-refractivity contribution in [1.29, 1.82) is 0 Å². The number of carbonyl (C=O) groups excluding carboxylic acids is 1. The summed E-state index contributed by atoms with van der Waals surface area (Å²) < 4.78 is 0. The van der Waals surface area contributed by atoms with Crippen LogP contribution in [0.1, 0.15) is 45.4 Å². The third kappa shape index (κ3) is 19.0. The molecule has 0 spiro atoms. The molecule has 17 heavy (non-hydrogen) atoms. The van der Waals surface area contributed by atoms with E-state index in [2.05, 4.69) is 10.6 Å². The summed E-state index contributed by atoms with van der Waals surface area (Å²) in [5.74, 6) is 0.0424. The molecule has 0 atom stereocenters. The number of aliphatic hydroxyl groups is 1. The Morgan fingerprint density at radius 1 is 1.06 bits per heavy atom. The summed E-state index contributed by atoms with van der Waals surface area (Å²) in [4.78, 5) is 10.6. The first-order valence-corrected chi connectivity index (χ1v) is 6.26. The molecule has 0 aromatic rings. The molecule has 0 aromatic heterocycles. The second-order valence-corrected chi connectivity index (χ2v) is 4.00. The Morgan fingerprint density at radius 3 is 2.24 bits per heavy atom. The van der Waals surface area contributed by atoms with Crippen molar-refractivity contribution in [2.45, 2.75) is 45.4 Å². The zero-order valence-corrected chi connectivity index (χ0v) is 15.0. The van der Waals surface area contributed by atoms with Crippen LogP contribution in [-0.4, -0.2) is 37.3 Å². The van der Waals surface area contributed by atoms with Gasteiger partial charge in [0.1, 0.15) is 0 Å². The average molecular weight is 467 g/mol. The first-order valence-electron chi connectivity index (χ1n) is 6.26. The maximum atomic E-state index is 10.6. The maximum absolute atomic E-state index is 10.6. The molecule has 100 valence electrons. The van der Waals surface area contributed by atoms with E-state index in [1.54, 1.807) is 0 Å². The van der Waals surface area contributed by atoms with Crippen molar-refractivity contribution in [2.75, 3.05) is 26.2 Å². The summed E-state index contributed by atoms with van der Waals surface area (Å²) in [7, 11) is 0. The van der Waals surface area contributed by atoms with Gasteiger partial charge in [0.15, 0.2) is 0 Å². The van der Waals surface area contributed by atoms with Crippen LogP contribution in [0.15, 0.2) is 0 Å². The minimum Gasteiger partial charge on any atom is -0.662 e. The van der Waals surface area contributed by atoms with Gasteiger partial charge in [0.05, 0.1) is 0 Å². The van der Waals surface area contributed by atoms with Crippen molar-refractivity contribution in [3.63, 3.8) is 0 Å². The van der Waals surface area contributed by atoms with Gasteiger partial charge < -0.3 is 15.7 Å². The molecule has 0 unspecified atom stereocenters. The van der Waals surface area contributed by atoms with E-state index in [9.17, 15) is 4.79 Å². The van der Waals surface area contributed by atoms with E-state index >= 15 is 0 Å². The van der Waals surface area contributed by atoms with Crippen LogP contribution in [0.2, 0.25) is 0 Å². The van der Waals surface area contributed by atoms with Gasteiger partial charge in [-0.2, -0.15) is 0 Å². The van der Waals surface area contributed by atoms with E-state index in [0.717, 1.165) is 58.2 Å². The molecule has 0 radical (unpaired) electrons. The first-order chi connectivity index (χ1) is 7.77. The Balaban J connectivity index is 0. The number of nitrogens with one attached hydrogen (secondary N) is 1. The van der Waals surface area contributed by atoms with Gasteiger partial charge in [-0.25, -0.2) is 0 Å². The monoisotopic (exact) mass is 467 g/mol. The van der Waals surface area contributed by atoms with Crippen molar-refractivity contribution < 1.29 is 41.0 Å². The molecular weight excluding hydrogens is 442 g/mol. The summed E-state index contributed by atoms with van der Waals surface area (Å²) in [6.07, 6.45) is 6.37. The van der Waals surface area contributed by atoms with Crippen molar-refractivity contribution in [2.24, 2.45) is 0 Å². The fraction of sp³-hybridized carbons (Fsp3) is 0.917. The molecule has 0 saturated carbocycles. The minimum absolute atomic E-state index is 0. The fourth-order valence-corrected chi connectivity index (χ4v) is 1.41. The number of rotatable bonds is 11. The van der Waals surface area contributed by atoms with Crippen LogP contribution in [0.5, 0.6) is 0 Å². The van der Waals surface area contributed by atoms with E-state index in [0.29, 0.717) is 6.61 Å². The van der Waals surface area contributed by atoms with Crippen LogP contribution in [0, 0.1) is 31.1 Å². The van der Waals surface area contributed by atoms with Crippen molar-refractivity contribution in [1.82, 2.24) is 5.32 Å². The van der Waals surface area contributed by atoms with Gasteiger partial charge in [-0.05, 0) is 12.8 Å². The third-order valence-electron chi connectivity index (χ3n) is 2.34. The largest absolute Gasteiger partial charge is 0.662 e. The minimum atomic E-state index is 0. The molecule has 5 heteroatoms. The standard InChI is InChI=1S/C12H25N2O2.U/c1-12(16)14-10-6-5-9-13-8-4-2-3-7-11-15;/h15H,2-11H2,1H3,(H,14,16);/q-1;. The van der Waals surface area contributed by atoms with Gasteiger partial charge in [0, 0.05) is 51.2 Å². The SMILES string of the molecule is CC(=O)NCCCC[N-]CCCCCCO.[U]. The van der Waals surface area contributed by atoms with Crippen LogP contribution < -0.4 is 5.32 Å². The smallest absolute Gasteiger partial charge is 0.216 e. The Morgan fingerprint density at radius 2 is 1.65 bits per heavy atom. The maximum Gasteiger partial charge on any atom is 0.216 e. The van der Waals surface area contributed by atoms with Gasteiger partial charge in [-0.3, -0.25) is 4.79 Å². The molecule has 0 aliphatic heterocycles. The first kappa shape index (κ1) is 19.8. The van der Waals surface area contributed by atoms with Crippen LogP contribution in [-0.2, 0) is 4.79 Å². The molecule has 1 amide bonds. The number of amides is 1. The molecule has 0 fully saturated rings. The van der Waals surface area contributed by atoms with Crippen LogP contribution >= 0.6 is 0 Å². The molecule has 0 aliphatic carbocycles. The molecule has 0 aliphatic rings. The van der Waals surface area contributed by atoms with Gasteiger partial charge in [-0.1, -0.05) is 25.7 Å². The zero-order chi connectivity index (χ0) is 12.1. The van der Waals surface area contributed by atoms with Crippen LogP contribution in [0.4, 0.5) is 0 Å². The van der Waals surface area contributed by atoms with Gasteiger partial charge in [0.25, 0.3) is 0 Å². The Labute approximate surface area is 129 Å². The molecule has 4 nitrogen and oxygen atoms in total. The summed E-state index contributed by atoms with van der Waals surface area (Å²) >= 11 is 0. The van der Waals surface area contributed by atoms with Crippen molar-refractivity contribution >= 4 is 5.91 Å². The molecule has 0 heterocycles. The Kier molecular flexibility index (Phi) is 19.1. The summed E-state index contributed by atoms with van der Waals surface area (Å²) in [5, 5.41) is 15.8. The van der Waals surface area contributed by atoms with E-state index in [1.807, 2.05) is 0 Å². The zero-order valence-electron chi connectivity index (χ0n) is 10.9. The quantitative estimate of drug-likeness (QED) is 0.456. The fourth-order valence-electron chi connectivity index (χ4n) is 1.41. The second kappa shape index (κ2) is 16.4. The molecule has 0 rings (SSSR count). The summed E-state index contributed by atoms with van der Waals surface area (Å²) in [5.41, 5.74) is 0. The Bertz CT molecular complexity index is 169. The number of aliphatic hydroxyl groups excluding tert-OH is 1. The third-order valence-corrected chi connectivity index (χ3v) is 2.34. The number of nitrogens with zero attached hydrogens (tertiary/aromatic N) is 1. The number of carbonyl (C=O) groups is 1. The molecule has 0 aromatic carbocycles. The van der Waals surface area contributed by atoms with E-state index in [1.165, 1.54) is 6.92 Å². The normalized spacial score (nSPS) is 9.76. The predicted molar refractivity (Wildman–Crippen MR) is 66.6 cm³/mol. The van der Waals surface area contributed by atoms with E-state index < -0.39 is 0 Å². The van der Waals surface area contributed by atoms with E-state index in [-0.39, 0.29) is 37.0 Å². The van der Waals surface area contributed by atoms with Gasteiger partial charge in [-0.15, -0.1) is 13.1 Å². The van der Waals surface area contributed by atoms with Crippen molar-refractivity contribution in [3.8, 4) is 0 Å². The predicted octanol–water partition coefficient (Wildman–Crippen LogP) is 1.83. The second-order valence-electron chi connectivity index (χ2n) is 4.00. The van der Waals surface area contributed by atoms with Crippen molar-refractivity contribution in [3.05, 3.63) is 5.32 Å². The Hall–Kier alpha value is 0.442. The molecular formula is C12H25N2O2U-. The molecule has 0 bridgehead atoms. The van der Waals surface area contributed by atoms with Gasteiger partial charge in [0.2, 0.25) is 5.91 Å². The topological polar surface area (TPSA) is 63.4 Å². The molecule has 0 saturated heterocycles. The number of hydrogen-bond donors (Lipinski definition) is 2. The number of unbranched alkanes of at least 4 members (excludes halogenated alkanes) is 4.